The van der Waals surface area contributed by atoms with Gasteiger partial charge >= 0.3 is 0 Å². The van der Waals surface area contributed by atoms with E-state index in [-0.39, 0.29) is 20.1 Å². The average Bonchev–Trinajstić information content (AvgIpc) is 2.98. The van der Waals surface area contributed by atoms with Crippen molar-refractivity contribution in [2.75, 3.05) is 50.3 Å². The second-order valence-corrected chi connectivity index (χ2v) is 5.17. The number of anilines is 2. The van der Waals surface area contributed by atoms with Gasteiger partial charge in [0.25, 0.3) is 0 Å². The molecule has 0 N–H and O–H groups in total. The zero-order chi connectivity index (χ0) is 12.5. The zero-order valence-electron chi connectivity index (χ0n) is 11.4. The van der Waals surface area contributed by atoms with Crippen LogP contribution in [0.4, 0.5) is 11.4 Å². The van der Waals surface area contributed by atoms with Crippen LogP contribution in [0.15, 0.2) is 36.7 Å². The van der Waals surface area contributed by atoms with Gasteiger partial charge in [0, 0.05) is 64.0 Å². The summed E-state index contributed by atoms with van der Waals surface area (Å²) in [5.41, 5.74) is 2.59. The van der Waals surface area contributed by atoms with Gasteiger partial charge in [-0.15, -0.1) is 0 Å². The van der Waals surface area contributed by atoms with E-state index in [1.54, 1.807) is 0 Å². The SMILES string of the molecule is CN1C=CN(c2cccc(N3CCN(C)C3)c2)C1.[Ir]. The number of rotatable bonds is 2. The maximum Gasteiger partial charge on any atom is 0.0938 e. The van der Waals surface area contributed by atoms with Crippen molar-refractivity contribution in [3.05, 3.63) is 36.7 Å². The van der Waals surface area contributed by atoms with E-state index in [0.29, 0.717) is 0 Å². The summed E-state index contributed by atoms with van der Waals surface area (Å²) < 4.78 is 0. The van der Waals surface area contributed by atoms with E-state index in [4.69, 9.17) is 0 Å². The maximum absolute atomic E-state index is 2.42. The normalized spacial score (nSPS) is 19.2. The van der Waals surface area contributed by atoms with Gasteiger partial charge < -0.3 is 14.7 Å². The molecule has 2 heterocycles. The molecule has 0 aromatic heterocycles. The molecule has 0 bridgehead atoms. The topological polar surface area (TPSA) is 13.0 Å². The monoisotopic (exact) mass is 437 g/mol. The van der Waals surface area contributed by atoms with Crippen molar-refractivity contribution in [3.8, 4) is 0 Å². The number of nitrogens with zero attached hydrogens (tertiary/aromatic N) is 4. The number of hydrogen-bond acceptors (Lipinski definition) is 4. The molecule has 3 rings (SSSR count). The Morgan fingerprint density at radius 2 is 1.74 bits per heavy atom. The van der Waals surface area contributed by atoms with Crippen molar-refractivity contribution in [2.45, 2.75) is 0 Å². The smallest absolute Gasteiger partial charge is 0.0938 e. The largest absolute Gasteiger partial charge is 0.361 e. The van der Waals surface area contributed by atoms with Crippen molar-refractivity contribution in [3.63, 3.8) is 0 Å². The Labute approximate surface area is 128 Å². The van der Waals surface area contributed by atoms with Crippen LogP contribution in [0.3, 0.4) is 0 Å². The van der Waals surface area contributed by atoms with Crippen LogP contribution in [0.25, 0.3) is 0 Å². The third kappa shape index (κ3) is 3.11. The molecule has 19 heavy (non-hydrogen) atoms. The van der Waals surface area contributed by atoms with Gasteiger partial charge in [-0.05, 0) is 25.2 Å². The molecule has 1 aromatic rings. The minimum Gasteiger partial charge on any atom is -0.361 e. The van der Waals surface area contributed by atoms with Gasteiger partial charge in [0.1, 0.15) is 0 Å². The second kappa shape index (κ2) is 5.95. The molecule has 0 unspecified atom stereocenters. The molecule has 0 spiro atoms. The summed E-state index contributed by atoms with van der Waals surface area (Å²) >= 11 is 0. The van der Waals surface area contributed by atoms with Gasteiger partial charge in [0.05, 0.1) is 13.3 Å². The van der Waals surface area contributed by atoms with Crippen LogP contribution in [0.2, 0.25) is 0 Å². The van der Waals surface area contributed by atoms with Crippen LogP contribution in [0, 0.1) is 0 Å². The van der Waals surface area contributed by atoms with Crippen LogP contribution in [0.5, 0.6) is 0 Å². The number of hydrogen-bond donors (Lipinski definition) is 0. The quantitative estimate of drug-likeness (QED) is 0.698. The van der Waals surface area contributed by atoms with E-state index >= 15 is 0 Å². The molecular formula is C14H20IrN4. The Morgan fingerprint density at radius 3 is 2.37 bits per heavy atom. The van der Waals surface area contributed by atoms with Crippen molar-refractivity contribution in [1.29, 1.82) is 0 Å². The fraction of sp³-hybridized carbons (Fsp3) is 0.429. The van der Waals surface area contributed by atoms with E-state index < -0.39 is 0 Å². The van der Waals surface area contributed by atoms with Crippen LogP contribution < -0.4 is 9.80 Å². The summed E-state index contributed by atoms with van der Waals surface area (Å²) in [4.78, 5) is 9.21. The summed E-state index contributed by atoms with van der Waals surface area (Å²) in [5, 5.41) is 0. The molecule has 1 aromatic carbocycles. The van der Waals surface area contributed by atoms with E-state index in [2.05, 4.69) is 70.4 Å². The van der Waals surface area contributed by atoms with Crippen molar-refractivity contribution >= 4 is 11.4 Å². The molecule has 1 radical (unpaired) electrons. The zero-order valence-corrected chi connectivity index (χ0v) is 13.8. The van der Waals surface area contributed by atoms with E-state index in [9.17, 15) is 0 Å². The van der Waals surface area contributed by atoms with Gasteiger partial charge in [-0.3, -0.25) is 4.90 Å². The van der Waals surface area contributed by atoms with Gasteiger partial charge in [-0.2, -0.15) is 0 Å². The molecule has 0 aliphatic carbocycles. The van der Waals surface area contributed by atoms with Gasteiger partial charge in [0.2, 0.25) is 0 Å². The van der Waals surface area contributed by atoms with Gasteiger partial charge in [-0.25, -0.2) is 0 Å². The summed E-state index contributed by atoms with van der Waals surface area (Å²) in [6, 6.07) is 8.80. The minimum atomic E-state index is 0. The fourth-order valence-electron chi connectivity index (χ4n) is 2.50. The molecule has 2 aliphatic rings. The van der Waals surface area contributed by atoms with E-state index in [1.165, 1.54) is 11.4 Å². The molecule has 5 heteroatoms. The Hall–Kier alpha value is -1.03. The van der Waals surface area contributed by atoms with Crippen LogP contribution in [0.1, 0.15) is 0 Å². The summed E-state index contributed by atoms with van der Waals surface area (Å²) in [5.74, 6) is 0. The van der Waals surface area contributed by atoms with Crippen LogP contribution in [-0.2, 0) is 20.1 Å². The molecule has 0 atom stereocenters. The van der Waals surface area contributed by atoms with Crippen molar-refractivity contribution < 1.29 is 20.1 Å². The Bertz CT molecular complexity index is 463. The molecule has 1 fully saturated rings. The first-order chi connectivity index (χ1) is 8.72. The number of likely N-dealkylation sites (N-methyl/N-ethyl adjacent to an activating group) is 1. The van der Waals surface area contributed by atoms with E-state index in [1.807, 2.05) is 0 Å². The minimum absolute atomic E-state index is 0. The Kier molecular flexibility index (Phi) is 4.50. The van der Waals surface area contributed by atoms with E-state index in [0.717, 1.165) is 26.4 Å². The predicted molar refractivity (Wildman–Crippen MR) is 75.5 cm³/mol. The first-order valence-electron chi connectivity index (χ1n) is 6.41. The third-order valence-corrected chi connectivity index (χ3v) is 3.57. The first-order valence-corrected chi connectivity index (χ1v) is 6.41. The second-order valence-electron chi connectivity index (χ2n) is 5.17. The molecule has 0 saturated carbocycles. The average molecular weight is 437 g/mol. The summed E-state index contributed by atoms with van der Waals surface area (Å²) in [6.07, 6.45) is 4.24. The standard InChI is InChI=1S/C14H20N4.Ir/c1-15-6-8-17(11-15)13-4-3-5-14(10-13)18-9-7-16(2)12-18;/h3-6,8,10H,7,9,11-12H2,1-2H3;. The number of benzene rings is 1. The molecule has 0 amide bonds. The van der Waals surface area contributed by atoms with Crippen LogP contribution in [-0.4, -0.2) is 50.3 Å². The first kappa shape index (κ1) is 14.4. The summed E-state index contributed by atoms with van der Waals surface area (Å²) in [7, 11) is 4.26. The Balaban J connectivity index is 0.00000133. The predicted octanol–water partition coefficient (Wildman–Crippen LogP) is 1.57. The van der Waals surface area contributed by atoms with Gasteiger partial charge in [-0.1, -0.05) is 6.07 Å². The van der Waals surface area contributed by atoms with Crippen LogP contribution >= 0.6 is 0 Å². The van der Waals surface area contributed by atoms with Crippen molar-refractivity contribution in [1.82, 2.24) is 9.80 Å². The third-order valence-electron chi connectivity index (χ3n) is 3.57. The maximum atomic E-state index is 2.42. The molecule has 2 aliphatic heterocycles. The van der Waals surface area contributed by atoms with Gasteiger partial charge in [0.15, 0.2) is 0 Å². The summed E-state index contributed by atoms with van der Waals surface area (Å²) in [6.45, 7) is 4.23. The Morgan fingerprint density at radius 1 is 0.947 bits per heavy atom. The fourth-order valence-corrected chi connectivity index (χ4v) is 2.50. The molecular weight excluding hydrogens is 416 g/mol. The molecule has 105 valence electrons. The van der Waals surface area contributed by atoms with Crippen molar-refractivity contribution in [2.24, 2.45) is 0 Å². The molecule has 4 nitrogen and oxygen atoms in total. The molecule has 1 saturated heterocycles.